The topological polar surface area (TPSA) is 47.0 Å². The van der Waals surface area contributed by atoms with Gasteiger partial charge in [-0.3, -0.25) is 9.69 Å². The molecule has 0 saturated carbocycles. The van der Waals surface area contributed by atoms with Gasteiger partial charge in [-0.15, -0.1) is 0 Å². The number of piperazine rings is 1. The van der Waals surface area contributed by atoms with Crippen LogP contribution in [0.4, 0.5) is 5.69 Å². The highest BCUT2D eigenvalue weighted by atomic mass is 16.3. The van der Waals surface area contributed by atoms with Crippen molar-refractivity contribution in [1.82, 2.24) is 9.80 Å². The molecule has 2 fully saturated rings. The lowest BCUT2D eigenvalue weighted by Crippen LogP contribution is -2.50. The first-order valence-corrected chi connectivity index (χ1v) is 8.20. The number of hydrogen-bond acceptors (Lipinski definition) is 4. The van der Waals surface area contributed by atoms with E-state index in [1.54, 1.807) is 4.90 Å². The number of carbonyl (C=O) groups is 1. The SMILES string of the molecule is O=C1CCCN1C[C@H](O)CN1CCN(c2ccccc2)CC1. The average Bonchev–Trinajstić information content (AvgIpc) is 2.94. The number of aliphatic hydroxyl groups excluding tert-OH is 1. The largest absolute Gasteiger partial charge is 0.390 e. The van der Waals surface area contributed by atoms with Crippen molar-refractivity contribution in [2.45, 2.75) is 18.9 Å². The number of anilines is 1. The van der Waals surface area contributed by atoms with Crippen LogP contribution in [0.5, 0.6) is 0 Å². The monoisotopic (exact) mass is 303 g/mol. The van der Waals surface area contributed by atoms with Gasteiger partial charge in [-0.05, 0) is 18.6 Å². The average molecular weight is 303 g/mol. The summed E-state index contributed by atoms with van der Waals surface area (Å²) in [5.41, 5.74) is 1.27. The quantitative estimate of drug-likeness (QED) is 0.874. The summed E-state index contributed by atoms with van der Waals surface area (Å²) >= 11 is 0. The lowest BCUT2D eigenvalue weighted by molar-refractivity contribution is -0.129. The van der Waals surface area contributed by atoms with Crippen LogP contribution in [0, 0.1) is 0 Å². The van der Waals surface area contributed by atoms with Crippen molar-refractivity contribution in [1.29, 1.82) is 0 Å². The predicted octanol–water partition coefficient (Wildman–Crippen LogP) is 0.792. The Kier molecular flexibility index (Phi) is 4.95. The Hall–Kier alpha value is -1.59. The van der Waals surface area contributed by atoms with Crippen LogP contribution < -0.4 is 4.90 Å². The maximum absolute atomic E-state index is 11.6. The van der Waals surface area contributed by atoms with Crippen LogP contribution in [-0.4, -0.2) is 72.7 Å². The molecule has 1 amide bonds. The lowest BCUT2D eigenvalue weighted by atomic mass is 10.2. The normalized spacial score (nSPS) is 21.4. The fourth-order valence-electron chi connectivity index (χ4n) is 3.33. The molecule has 2 aliphatic rings. The molecule has 22 heavy (non-hydrogen) atoms. The highest BCUT2D eigenvalue weighted by molar-refractivity contribution is 5.78. The molecular weight excluding hydrogens is 278 g/mol. The van der Waals surface area contributed by atoms with Crippen LogP contribution >= 0.6 is 0 Å². The molecule has 0 aliphatic carbocycles. The summed E-state index contributed by atoms with van der Waals surface area (Å²) in [7, 11) is 0. The second-order valence-electron chi connectivity index (χ2n) is 6.22. The molecule has 2 aliphatic heterocycles. The molecule has 1 aromatic rings. The van der Waals surface area contributed by atoms with Gasteiger partial charge < -0.3 is 14.9 Å². The van der Waals surface area contributed by atoms with E-state index in [-0.39, 0.29) is 5.91 Å². The van der Waals surface area contributed by atoms with Crippen molar-refractivity contribution in [2.75, 3.05) is 50.7 Å². The molecule has 0 aromatic heterocycles. The zero-order chi connectivity index (χ0) is 15.4. The summed E-state index contributed by atoms with van der Waals surface area (Å²) in [5.74, 6) is 0.188. The molecule has 2 heterocycles. The summed E-state index contributed by atoms with van der Waals surface area (Å²) in [6.07, 6.45) is 1.13. The third-order valence-electron chi connectivity index (χ3n) is 4.57. The number of likely N-dealkylation sites (tertiary alicyclic amines) is 1. The molecule has 0 radical (unpaired) electrons. The van der Waals surface area contributed by atoms with Gasteiger partial charge in [-0.25, -0.2) is 0 Å². The van der Waals surface area contributed by atoms with E-state index in [2.05, 4.69) is 34.1 Å². The number of nitrogens with zero attached hydrogens (tertiary/aromatic N) is 3. The van der Waals surface area contributed by atoms with E-state index in [4.69, 9.17) is 0 Å². The Labute approximate surface area is 132 Å². The summed E-state index contributed by atoms with van der Waals surface area (Å²) < 4.78 is 0. The maximum atomic E-state index is 11.6. The molecule has 0 bridgehead atoms. The Morgan fingerprint density at radius 3 is 2.36 bits per heavy atom. The molecule has 5 heteroatoms. The van der Waals surface area contributed by atoms with Gasteiger partial charge in [0.05, 0.1) is 6.10 Å². The second kappa shape index (κ2) is 7.11. The lowest BCUT2D eigenvalue weighted by Gasteiger charge is -2.37. The number of aliphatic hydroxyl groups is 1. The highest BCUT2D eigenvalue weighted by Gasteiger charge is 2.24. The first kappa shape index (κ1) is 15.3. The molecule has 1 atom stereocenters. The minimum atomic E-state index is -0.440. The zero-order valence-electron chi connectivity index (χ0n) is 13.0. The van der Waals surface area contributed by atoms with Crippen molar-refractivity contribution >= 4 is 11.6 Å². The van der Waals surface area contributed by atoms with Crippen molar-refractivity contribution in [3.8, 4) is 0 Å². The van der Waals surface area contributed by atoms with Gasteiger partial charge in [-0.2, -0.15) is 0 Å². The molecule has 0 unspecified atom stereocenters. The minimum Gasteiger partial charge on any atom is -0.390 e. The first-order chi connectivity index (χ1) is 10.7. The molecule has 2 saturated heterocycles. The Balaban J connectivity index is 1.42. The number of β-amino-alcohol motifs (C(OH)–C–C–N with tert-alkyl or cyclic N) is 1. The summed E-state index contributed by atoms with van der Waals surface area (Å²) in [4.78, 5) is 18.1. The van der Waals surface area contributed by atoms with Gasteiger partial charge in [-0.1, -0.05) is 18.2 Å². The van der Waals surface area contributed by atoms with E-state index in [1.165, 1.54) is 5.69 Å². The Bertz CT molecular complexity index is 486. The molecule has 120 valence electrons. The van der Waals surface area contributed by atoms with E-state index in [0.717, 1.165) is 39.1 Å². The van der Waals surface area contributed by atoms with E-state index >= 15 is 0 Å². The number of para-hydroxylation sites is 1. The fraction of sp³-hybridized carbons (Fsp3) is 0.588. The number of amides is 1. The number of hydrogen-bond donors (Lipinski definition) is 1. The molecule has 3 rings (SSSR count). The number of benzene rings is 1. The van der Waals surface area contributed by atoms with Crippen molar-refractivity contribution < 1.29 is 9.90 Å². The van der Waals surface area contributed by atoms with E-state index in [0.29, 0.717) is 19.5 Å². The van der Waals surface area contributed by atoms with E-state index < -0.39 is 6.10 Å². The van der Waals surface area contributed by atoms with Gasteiger partial charge >= 0.3 is 0 Å². The zero-order valence-corrected chi connectivity index (χ0v) is 13.0. The summed E-state index contributed by atoms with van der Waals surface area (Å²) in [6, 6.07) is 10.5. The van der Waals surface area contributed by atoms with E-state index in [1.807, 2.05) is 6.07 Å². The molecular formula is C17H25N3O2. The third kappa shape index (κ3) is 3.78. The minimum absolute atomic E-state index is 0.188. The maximum Gasteiger partial charge on any atom is 0.222 e. The van der Waals surface area contributed by atoms with Gasteiger partial charge in [0, 0.05) is 57.9 Å². The van der Waals surface area contributed by atoms with Gasteiger partial charge in [0.15, 0.2) is 0 Å². The first-order valence-electron chi connectivity index (χ1n) is 8.20. The van der Waals surface area contributed by atoms with Crippen LogP contribution in [0.1, 0.15) is 12.8 Å². The van der Waals surface area contributed by atoms with Crippen molar-refractivity contribution in [3.05, 3.63) is 30.3 Å². The Morgan fingerprint density at radius 2 is 1.73 bits per heavy atom. The van der Waals surface area contributed by atoms with E-state index in [9.17, 15) is 9.90 Å². The number of rotatable bonds is 5. The molecule has 1 N–H and O–H groups in total. The molecule has 5 nitrogen and oxygen atoms in total. The van der Waals surface area contributed by atoms with Crippen LogP contribution in [0.3, 0.4) is 0 Å². The van der Waals surface area contributed by atoms with Crippen molar-refractivity contribution in [2.24, 2.45) is 0 Å². The van der Waals surface area contributed by atoms with Crippen LogP contribution in [0.2, 0.25) is 0 Å². The van der Waals surface area contributed by atoms with Gasteiger partial charge in [0.25, 0.3) is 0 Å². The predicted molar refractivity (Wildman–Crippen MR) is 86.9 cm³/mol. The third-order valence-corrected chi connectivity index (χ3v) is 4.57. The van der Waals surface area contributed by atoms with Gasteiger partial charge in [0.1, 0.15) is 0 Å². The second-order valence-corrected chi connectivity index (χ2v) is 6.22. The Morgan fingerprint density at radius 1 is 1.00 bits per heavy atom. The highest BCUT2D eigenvalue weighted by Crippen LogP contribution is 2.16. The van der Waals surface area contributed by atoms with Crippen LogP contribution in [-0.2, 0) is 4.79 Å². The van der Waals surface area contributed by atoms with Gasteiger partial charge in [0.2, 0.25) is 5.91 Å². The van der Waals surface area contributed by atoms with Crippen molar-refractivity contribution in [3.63, 3.8) is 0 Å². The van der Waals surface area contributed by atoms with Crippen LogP contribution in [0.25, 0.3) is 0 Å². The molecule has 0 spiro atoms. The standard InChI is InChI=1S/C17H25N3O2/c21-16(14-20-8-4-7-17(20)22)13-18-9-11-19(12-10-18)15-5-2-1-3-6-15/h1-3,5-6,16,21H,4,7-14H2/t16-/m1/s1. The number of carbonyl (C=O) groups excluding carboxylic acids is 1. The summed E-state index contributed by atoms with van der Waals surface area (Å²) in [5, 5.41) is 10.2. The van der Waals surface area contributed by atoms with Crippen LogP contribution in [0.15, 0.2) is 30.3 Å². The molecule has 1 aromatic carbocycles. The smallest absolute Gasteiger partial charge is 0.222 e. The summed E-state index contributed by atoms with van der Waals surface area (Å²) in [6.45, 7) is 5.83. The fourth-order valence-corrected chi connectivity index (χ4v) is 3.33.